The van der Waals surface area contributed by atoms with Crippen molar-refractivity contribution in [1.29, 1.82) is 0 Å². The first-order valence-corrected chi connectivity index (χ1v) is 4.39. The van der Waals surface area contributed by atoms with Gasteiger partial charge in [0.15, 0.2) is 0 Å². The quantitative estimate of drug-likeness (QED) is 0.719. The number of ether oxygens (including phenoxy) is 1. The lowest BCUT2D eigenvalue weighted by Gasteiger charge is -2.21. The van der Waals surface area contributed by atoms with Crippen LogP contribution in [0.1, 0.15) is 26.3 Å². The third-order valence-corrected chi connectivity index (χ3v) is 1.38. The molecule has 12 heavy (non-hydrogen) atoms. The fraction of sp³-hybridized carbons (Fsp3) is 0.400. The molecule has 0 aliphatic heterocycles. The van der Waals surface area contributed by atoms with Crippen molar-refractivity contribution in [3.63, 3.8) is 0 Å². The van der Waals surface area contributed by atoms with E-state index in [-0.39, 0.29) is 34.4 Å². The Kier molecular flexibility index (Phi) is 1.53. The molecule has 0 N–H and O–H groups in total. The zero-order chi connectivity index (χ0) is 12.7. The van der Waals surface area contributed by atoms with Crippen LogP contribution in [0.3, 0.4) is 0 Å². The third-order valence-electron chi connectivity index (χ3n) is 0.980. The molecule has 1 aromatic rings. The van der Waals surface area contributed by atoms with Gasteiger partial charge in [-0.05, 0) is 44.9 Å². The summed E-state index contributed by atoms with van der Waals surface area (Å²) in [7, 11) is 0. The largest absolute Gasteiger partial charge is 0.488 e. The molecule has 0 heterocycles. The van der Waals surface area contributed by atoms with Gasteiger partial charge in [-0.15, -0.1) is 0 Å². The van der Waals surface area contributed by atoms with E-state index in [0.717, 1.165) is 0 Å². The highest BCUT2D eigenvalue weighted by Gasteiger charge is 2.10. The monoisotopic (exact) mass is 232 g/mol. The number of hydrogen-bond acceptors (Lipinski definition) is 1. The number of halogens is 1. The summed E-state index contributed by atoms with van der Waals surface area (Å²) in [6.07, 6.45) is 0. The van der Waals surface area contributed by atoms with E-state index in [1.165, 1.54) is 0 Å². The maximum atomic E-state index is 7.71. The van der Waals surface area contributed by atoms with E-state index >= 15 is 0 Å². The lowest BCUT2D eigenvalue weighted by Crippen LogP contribution is -2.22. The maximum Gasteiger partial charge on any atom is 0.120 e. The molecule has 0 spiro atoms. The molecule has 0 aromatic heterocycles. The van der Waals surface area contributed by atoms with Crippen LogP contribution in [0.4, 0.5) is 0 Å². The van der Waals surface area contributed by atoms with Gasteiger partial charge in [-0.2, -0.15) is 0 Å². The van der Waals surface area contributed by atoms with Gasteiger partial charge in [-0.3, -0.25) is 0 Å². The molecule has 0 aliphatic rings. The Morgan fingerprint density at radius 2 is 1.75 bits per heavy atom. The van der Waals surface area contributed by atoms with Crippen LogP contribution in [0.5, 0.6) is 5.75 Å². The predicted octanol–water partition coefficient (Wildman–Crippen LogP) is 3.63. The number of hydrogen-bond donors (Lipinski definition) is 0. The fourth-order valence-electron chi connectivity index (χ4n) is 0.643. The van der Waals surface area contributed by atoms with E-state index in [1.807, 2.05) is 0 Å². The van der Waals surface area contributed by atoms with E-state index in [1.54, 1.807) is 20.8 Å². The molecule has 0 amide bonds. The van der Waals surface area contributed by atoms with Gasteiger partial charge in [0, 0.05) is 4.47 Å². The Bertz CT molecular complexity index is 397. The maximum absolute atomic E-state index is 7.71. The van der Waals surface area contributed by atoms with E-state index in [2.05, 4.69) is 15.9 Å². The highest BCUT2D eigenvalue weighted by atomic mass is 79.9. The van der Waals surface area contributed by atoms with Crippen LogP contribution in [-0.4, -0.2) is 5.60 Å². The van der Waals surface area contributed by atoms with E-state index < -0.39 is 5.60 Å². The van der Waals surface area contributed by atoms with Gasteiger partial charge in [0.1, 0.15) is 11.4 Å². The van der Waals surface area contributed by atoms with Gasteiger partial charge >= 0.3 is 0 Å². The smallest absolute Gasteiger partial charge is 0.120 e. The molecule has 0 saturated carbocycles. The van der Waals surface area contributed by atoms with Crippen LogP contribution < -0.4 is 4.74 Å². The van der Waals surface area contributed by atoms with Crippen LogP contribution in [-0.2, 0) is 0 Å². The Hall–Kier alpha value is -0.500. The van der Waals surface area contributed by atoms with Crippen molar-refractivity contribution in [2.45, 2.75) is 26.4 Å². The zero-order valence-corrected chi connectivity index (χ0v) is 8.87. The minimum Gasteiger partial charge on any atom is -0.488 e. The first-order chi connectivity index (χ1) is 7.15. The third kappa shape index (κ3) is 3.26. The summed E-state index contributed by atoms with van der Waals surface area (Å²) in [5, 5.41) is 0. The highest BCUT2D eigenvalue weighted by Crippen LogP contribution is 2.20. The first-order valence-electron chi connectivity index (χ1n) is 5.60. The molecule has 0 unspecified atom stereocenters. The lowest BCUT2D eigenvalue weighted by molar-refractivity contribution is 0.131. The van der Waals surface area contributed by atoms with Gasteiger partial charge in [-0.25, -0.2) is 0 Å². The van der Waals surface area contributed by atoms with Gasteiger partial charge in [0.2, 0.25) is 0 Å². The molecular formula is C10H13BrO. The summed E-state index contributed by atoms with van der Waals surface area (Å²) in [4.78, 5) is 0. The van der Waals surface area contributed by atoms with Crippen molar-refractivity contribution in [2.24, 2.45) is 0 Å². The predicted molar refractivity (Wildman–Crippen MR) is 54.5 cm³/mol. The number of rotatable bonds is 1. The summed E-state index contributed by atoms with van der Waals surface area (Å²) in [5.41, 5.74) is -0.557. The van der Waals surface area contributed by atoms with E-state index in [4.69, 9.17) is 10.2 Å². The molecule has 66 valence electrons. The lowest BCUT2D eigenvalue weighted by atomic mass is 10.2. The van der Waals surface area contributed by atoms with Crippen molar-refractivity contribution in [2.75, 3.05) is 0 Å². The molecule has 2 heteroatoms. The average molecular weight is 233 g/mol. The molecule has 0 aliphatic carbocycles. The van der Waals surface area contributed by atoms with E-state index in [0.29, 0.717) is 0 Å². The van der Waals surface area contributed by atoms with Crippen molar-refractivity contribution >= 4 is 15.9 Å². The Balaban J connectivity index is 3.40. The van der Waals surface area contributed by atoms with Crippen molar-refractivity contribution < 1.29 is 10.2 Å². The Morgan fingerprint density at radius 3 is 2.17 bits per heavy atom. The highest BCUT2D eigenvalue weighted by molar-refractivity contribution is 9.10. The minimum atomic E-state index is -0.557. The summed E-state index contributed by atoms with van der Waals surface area (Å²) >= 11 is 3.02. The molecule has 1 aromatic carbocycles. The second-order valence-corrected chi connectivity index (χ2v) is 4.15. The van der Waals surface area contributed by atoms with Crippen LogP contribution >= 0.6 is 15.9 Å². The van der Waals surface area contributed by atoms with Gasteiger partial charge < -0.3 is 4.74 Å². The van der Waals surface area contributed by atoms with Crippen LogP contribution in [0.15, 0.2) is 28.6 Å². The summed E-state index contributed by atoms with van der Waals surface area (Å²) in [6.45, 7) is 5.38. The Labute approximate surface area is 87.5 Å². The molecule has 1 nitrogen and oxygen atoms in total. The van der Waals surface area contributed by atoms with Gasteiger partial charge in [0.05, 0.1) is 5.48 Å². The molecule has 0 atom stereocenters. The van der Waals surface area contributed by atoms with Crippen LogP contribution in [0.25, 0.3) is 0 Å². The van der Waals surface area contributed by atoms with Crippen molar-refractivity contribution in [1.82, 2.24) is 0 Å². The van der Waals surface area contributed by atoms with Crippen LogP contribution in [0.2, 0.25) is 0 Å². The van der Waals surface area contributed by atoms with E-state index in [9.17, 15) is 0 Å². The van der Waals surface area contributed by atoms with Crippen LogP contribution in [0, 0.1) is 0 Å². The van der Waals surface area contributed by atoms with Crippen molar-refractivity contribution in [3.05, 3.63) is 28.6 Å². The first kappa shape index (κ1) is 5.28. The topological polar surface area (TPSA) is 9.23 Å². The second kappa shape index (κ2) is 3.48. The summed E-state index contributed by atoms with van der Waals surface area (Å²) < 4.78 is 36.2. The van der Waals surface area contributed by atoms with Gasteiger partial charge in [-0.1, -0.05) is 15.9 Å². The molecule has 0 saturated heterocycles. The molecule has 0 bridgehead atoms. The molecule has 1 rings (SSSR count). The number of benzene rings is 1. The fourth-order valence-corrected chi connectivity index (χ4v) is 0.841. The average Bonchev–Trinajstić information content (AvgIpc) is 2.17. The SMILES string of the molecule is [2H]c1c([2H])c(OC(C)(C)C)c([2H])c([2H])c1Br. The normalized spacial score (nSPS) is 16.0. The minimum absolute atomic E-state index is 0.00861. The molecule has 0 fully saturated rings. The molecule has 0 radical (unpaired) electrons. The zero-order valence-electron chi connectivity index (χ0n) is 11.3. The summed E-state index contributed by atoms with van der Waals surface area (Å²) in [6, 6.07) is -0.578. The Morgan fingerprint density at radius 1 is 1.25 bits per heavy atom. The second-order valence-electron chi connectivity index (χ2n) is 3.36. The summed E-state index contributed by atoms with van der Waals surface area (Å²) in [5.74, 6) is -0.00861. The van der Waals surface area contributed by atoms with Gasteiger partial charge in [0.25, 0.3) is 0 Å². The van der Waals surface area contributed by atoms with Crippen molar-refractivity contribution in [3.8, 4) is 5.75 Å². The standard InChI is InChI=1S/C10H13BrO/c1-10(2,3)12-9-6-4-8(11)5-7-9/h4-7H,1-3H3/i4D,5D,6D,7D. The molecular weight excluding hydrogens is 216 g/mol.